The van der Waals surface area contributed by atoms with Gasteiger partial charge in [-0.2, -0.15) is 0 Å². The Morgan fingerprint density at radius 1 is 0.957 bits per heavy atom. The number of nitrogens with zero attached hydrogens (tertiary/aromatic N) is 2. The summed E-state index contributed by atoms with van der Waals surface area (Å²) >= 11 is 5.82. The smallest absolute Gasteiger partial charge is 0.271 e. The van der Waals surface area contributed by atoms with Crippen molar-refractivity contribution in [3.8, 4) is 0 Å². The largest absolute Gasteiger partial charge is 0.278 e. The number of nitro benzene ring substituents is 2. The maximum atomic E-state index is 12.2. The molecule has 0 saturated carbocycles. The van der Waals surface area contributed by atoms with Crippen LogP contribution in [0, 0.1) is 20.2 Å². The number of halogens is 1. The lowest BCUT2D eigenvalue weighted by Crippen LogP contribution is -2.13. The molecular weight excluding hydrogens is 350 g/mol. The second-order valence-electron chi connectivity index (χ2n) is 4.28. The van der Waals surface area contributed by atoms with E-state index in [1.165, 1.54) is 12.1 Å². The highest BCUT2D eigenvalue weighted by Crippen LogP contribution is 2.29. The number of hydrogen-bond acceptors (Lipinski definition) is 6. The monoisotopic (exact) mass is 357 g/mol. The summed E-state index contributed by atoms with van der Waals surface area (Å²) < 4.78 is 26.6. The molecule has 0 aromatic heterocycles. The molecule has 0 heterocycles. The molecule has 0 unspecified atom stereocenters. The molecule has 0 fully saturated rings. The van der Waals surface area contributed by atoms with Crippen LogP contribution in [-0.4, -0.2) is 18.3 Å². The Bertz CT molecular complexity index is 899. The van der Waals surface area contributed by atoms with E-state index in [1.807, 2.05) is 0 Å². The number of nitro groups is 2. The number of hydrogen-bond donors (Lipinski definition) is 1. The van der Waals surface area contributed by atoms with E-state index in [2.05, 4.69) is 4.72 Å². The molecule has 0 amide bonds. The van der Waals surface area contributed by atoms with Gasteiger partial charge in [-0.1, -0.05) is 17.7 Å². The first-order valence-electron chi connectivity index (χ1n) is 5.92. The van der Waals surface area contributed by atoms with Crippen molar-refractivity contribution in [2.75, 3.05) is 4.72 Å². The molecule has 120 valence electrons. The van der Waals surface area contributed by atoms with E-state index in [9.17, 15) is 28.6 Å². The predicted octanol–water partition coefficient (Wildman–Crippen LogP) is 2.96. The maximum Gasteiger partial charge on any atom is 0.271 e. The highest BCUT2D eigenvalue weighted by molar-refractivity contribution is 7.92. The van der Waals surface area contributed by atoms with E-state index in [0.29, 0.717) is 0 Å². The number of non-ortho nitro benzene ring substituents is 2. The Labute approximate surface area is 134 Å². The molecule has 0 atom stereocenters. The van der Waals surface area contributed by atoms with Gasteiger partial charge in [-0.05, 0) is 12.1 Å². The van der Waals surface area contributed by atoms with Gasteiger partial charge in [0, 0.05) is 24.3 Å². The van der Waals surface area contributed by atoms with E-state index >= 15 is 0 Å². The predicted molar refractivity (Wildman–Crippen MR) is 82.0 cm³/mol. The summed E-state index contributed by atoms with van der Waals surface area (Å²) in [5, 5.41) is 21.4. The first-order chi connectivity index (χ1) is 10.7. The van der Waals surface area contributed by atoms with Crippen LogP contribution in [-0.2, 0) is 10.0 Å². The number of sulfonamides is 1. The molecule has 2 aromatic carbocycles. The van der Waals surface area contributed by atoms with Crippen LogP contribution >= 0.6 is 11.6 Å². The first-order valence-corrected chi connectivity index (χ1v) is 7.78. The van der Waals surface area contributed by atoms with Crippen molar-refractivity contribution in [3.63, 3.8) is 0 Å². The summed E-state index contributed by atoms with van der Waals surface area (Å²) in [5.74, 6) is 0. The van der Waals surface area contributed by atoms with Crippen LogP contribution in [0.2, 0.25) is 5.02 Å². The van der Waals surface area contributed by atoms with Crippen LogP contribution in [0.4, 0.5) is 17.1 Å². The fourth-order valence-corrected chi connectivity index (χ4v) is 3.00. The first kappa shape index (κ1) is 16.6. The number of rotatable bonds is 5. The number of anilines is 1. The second-order valence-corrected chi connectivity index (χ2v) is 6.37. The molecule has 9 nitrogen and oxygen atoms in total. The molecule has 0 aliphatic rings. The summed E-state index contributed by atoms with van der Waals surface area (Å²) in [7, 11) is -4.20. The van der Waals surface area contributed by atoms with Gasteiger partial charge < -0.3 is 0 Å². The number of nitrogens with one attached hydrogen (secondary N) is 1. The van der Waals surface area contributed by atoms with Crippen LogP contribution in [0.3, 0.4) is 0 Å². The fourth-order valence-electron chi connectivity index (χ4n) is 1.67. The zero-order valence-corrected chi connectivity index (χ0v) is 12.7. The van der Waals surface area contributed by atoms with Crippen LogP contribution in [0.5, 0.6) is 0 Å². The van der Waals surface area contributed by atoms with E-state index in [0.717, 1.165) is 30.3 Å². The third-order valence-corrected chi connectivity index (χ3v) is 4.44. The molecule has 23 heavy (non-hydrogen) atoms. The zero-order chi connectivity index (χ0) is 17.2. The van der Waals surface area contributed by atoms with Crippen LogP contribution in [0.25, 0.3) is 0 Å². The second kappa shape index (κ2) is 6.18. The van der Waals surface area contributed by atoms with E-state index < -0.39 is 25.6 Å². The van der Waals surface area contributed by atoms with Crippen molar-refractivity contribution in [2.45, 2.75) is 4.90 Å². The third kappa shape index (κ3) is 3.73. The molecule has 2 rings (SSSR count). The summed E-state index contributed by atoms with van der Waals surface area (Å²) in [6, 6.07) is 7.62. The van der Waals surface area contributed by atoms with Crippen molar-refractivity contribution >= 4 is 38.7 Å². The van der Waals surface area contributed by atoms with E-state index in [4.69, 9.17) is 11.6 Å². The summed E-state index contributed by atoms with van der Waals surface area (Å²) in [6.07, 6.45) is 0. The van der Waals surface area contributed by atoms with Gasteiger partial charge in [-0.15, -0.1) is 0 Å². The molecule has 0 aliphatic carbocycles. The molecule has 11 heteroatoms. The van der Waals surface area contributed by atoms with Gasteiger partial charge in [0.05, 0.1) is 25.5 Å². The minimum Gasteiger partial charge on any atom is -0.278 e. The van der Waals surface area contributed by atoms with Gasteiger partial charge in [0.25, 0.3) is 21.4 Å². The Morgan fingerprint density at radius 3 is 2.17 bits per heavy atom. The van der Waals surface area contributed by atoms with Crippen molar-refractivity contribution in [3.05, 3.63) is 67.7 Å². The van der Waals surface area contributed by atoms with Gasteiger partial charge in [0.2, 0.25) is 0 Å². The maximum absolute atomic E-state index is 12.2. The SMILES string of the molecule is O=[N+]([O-])c1cccc(S(=O)(=O)Nc2cc([N+](=O)[O-])ccc2Cl)c1. The Balaban J connectivity index is 2.42. The Kier molecular flexibility index (Phi) is 4.48. The van der Waals surface area contributed by atoms with Crippen LogP contribution in [0.15, 0.2) is 47.4 Å². The highest BCUT2D eigenvalue weighted by Gasteiger charge is 2.20. The highest BCUT2D eigenvalue weighted by atomic mass is 35.5. The lowest BCUT2D eigenvalue weighted by Gasteiger charge is -2.09. The molecule has 0 aliphatic heterocycles. The van der Waals surface area contributed by atoms with Crippen LogP contribution in [0.1, 0.15) is 0 Å². The Hall–Kier alpha value is -2.72. The summed E-state index contributed by atoms with van der Waals surface area (Å²) in [4.78, 5) is 19.6. The summed E-state index contributed by atoms with van der Waals surface area (Å²) in [6.45, 7) is 0. The third-order valence-electron chi connectivity index (χ3n) is 2.74. The summed E-state index contributed by atoms with van der Waals surface area (Å²) in [5.41, 5.74) is -0.962. The quantitative estimate of drug-likeness (QED) is 0.646. The average Bonchev–Trinajstić information content (AvgIpc) is 2.49. The average molecular weight is 358 g/mol. The van der Waals surface area contributed by atoms with Gasteiger partial charge in [-0.25, -0.2) is 8.42 Å². The molecule has 1 N–H and O–H groups in total. The minimum absolute atomic E-state index is 0.0513. The van der Waals surface area contributed by atoms with Crippen molar-refractivity contribution in [2.24, 2.45) is 0 Å². The molecule has 0 spiro atoms. The van der Waals surface area contributed by atoms with E-state index in [1.54, 1.807) is 0 Å². The molecule has 2 aromatic rings. The number of benzene rings is 2. The normalized spacial score (nSPS) is 11.0. The van der Waals surface area contributed by atoms with Crippen LogP contribution < -0.4 is 4.72 Å². The van der Waals surface area contributed by atoms with Gasteiger partial charge in [0.15, 0.2) is 0 Å². The van der Waals surface area contributed by atoms with Crippen molar-refractivity contribution < 1.29 is 18.3 Å². The van der Waals surface area contributed by atoms with Gasteiger partial charge >= 0.3 is 0 Å². The van der Waals surface area contributed by atoms with Crippen molar-refractivity contribution in [1.29, 1.82) is 0 Å². The zero-order valence-electron chi connectivity index (χ0n) is 11.2. The molecule has 0 saturated heterocycles. The van der Waals surface area contributed by atoms with Gasteiger partial charge in [-0.3, -0.25) is 25.0 Å². The lowest BCUT2D eigenvalue weighted by molar-refractivity contribution is -0.385. The fraction of sp³-hybridized carbons (Fsp3) is 0. The van der Waals surface area contributed by atoms with Crippen molar-refractivity contribution in [1.82, 2.24) is 0 Å². The molecule has 0 bridgehead atoms. The lowest BCUT2D eigenvalue weighted by atomic mass is 10.3. The molecule has 0 radical (unpaired) electrons. The minimum atomic E-state index is -4.20. The van der Waals surface area contributed by atoms with Gasteiger partial charge in [0.1, 0.15) is 0 Å². The topological polar surface area (TPSA) is 132 Å². The Morgan fingerprint density at radius 2 is 1.57 bits per heavy atom. The molecular formula is C12H8ClN3O6S. The standard InChI is InChI=1S/C12H8ClN3O6S/c13-11-5-4-9(16(19)20)7-12(11)14-23(21,22)10-3-1-2-8(6-10)15(17)18/h1-7,14H. The van der Waals surface area contributed by atoms with E-state index in [-0.39, 0.29) is 21.3 Å².